The molecule has 0 heterocycles. The summed E-state index contributed by atoms with van der Waals surface area (Å²) >= 11 is 0. The third-order valence-electron chi connectivity index (χ3n) is 4.47. The molecule has 0 N–H and O–H groups in total. The molecule has 0 aliphatic heterocycles. The normalized spacial score (nSPS) is 48.8. The van der Waals surface area contributed by atoms with Crippen LogP contribution in [0.25, 0.3) is 0 Å². The van der Waals surface area contributed by atoms with Gasteiger partial charge in [-0.2, -0.15) is 0 Å². The Hall–Kier alpha value is 0. The van der Waals surface area contributed by atoms with Crippen molar-refractivity contribution in [3.63, 3.8) is 0 Å². The molecule has 4 unspecified atom stereocenters. The van der Waals surface area contributed by atoms with Crippen LogP contribution < -0.4 is 0 Å². The average Bonchev–Trinajstić information content (AvgIpc) is 2.16. The minimum atomic E-state index is 0.863. The van der Waals surface area contributed by atoms with Crippen LogP contribution in [-0.4, -0.2) is 0 Å². The molecular formula is C12H24. The molecule has 0 spiro atoms. The van der Waals surface area contributed by atoms with Gasteiger partial charge in [0, 0.05) is 0 Å². The Morgan fingerprint density at radius 1 is 0.667 bits per heavy atom. The van der Waals surface area contributed by atoms with Crippen LogP contribution in [0.2, 0.25) is 0 Å². The first-order valence-corrected chi connectivity index (χ1v) is 5.46. The number of rotatable bonds is 1. The van der Waals surface area contributed by atoms with Crippen LogP contribution in [0.3, 0.4) is 0 Å². The molecule has 0 aromatic carbocycles. The molecule has 1 fully saturated rings. The van der Waals surface area contributed by atoms with E-state index in [0.29, 0.717) is 0 Å². The maximum absolute atomic E-state index is 2.44. The molecule has 1 aliphatic rings. The fourth-order valence-electron chi connectivity index (χ4n) is 3.35. The smallest absolute Gasteiger partial charge is 0.0334 e. The van der Waals surface area contributed by atoms with Crippen LogP contribution in [-0.2, 0) is 0 Å². The highest BCUT2D eigenvalue weighted by molar-refractivity contribution is 4.90. The van der Waals surface area contributed by atoms with Gasteiger partial charge in [-0.05, 0) is 35.5 Å². The van der Waals surface area contributed by atoms with Crippen LogP contribution in [0.1, 0.15) is 41.5 Å². The molecular weight excluding hydrogens is 144 g/mol. The summed E-state index contributed by atoms with van der Waals surface area (Å²) in [5.74, 6) is 5.52. The number of hydrogen-bond donors (Lipinski definition) is 0. The molecule has 1 saturated carbocycles. The van der Waals surface area contributed by atoms with Crippen LogP contribution in [0.15, 0.2) is 0 Å². The van der Waals surface area contributed by atoms with E-state index >= 15 is 0 Å². The largest absolute Gasteiger partial charge is 0.0625 e. The van der Waals surface area contributed by atoms with Crippen molar-refractivity contribution in [1.82, 2.24) is 0 Å². The molecule has 0 bridgehead atoms. The molecule has 1 rings (SSSR count). The fraction of sp³-hybridized carbons (Fsp3) is 1.00. The number of hydrogen-bond acceptors (Lipinski definition) is 0. The summed E-state index contributed by atoms with van der Waals surface area (Å²) in [7, 11) is 0. The molecule has 72 valence electrons. The van der Waals surface area contributed by atoms with Crippen molar-refractivity contribution in [3.8, 4) is 0 Å². The fourth-order valence-corrected chi connectivity index (χ4v) is 3.35. The van der Waals surface area contributed by atoms with Gasteiger partial charge in [0.2, 0.25) is 0 Å². The van der Waals surface area contributed by atoms with Crippen molar-refractivity contribution >= 4 is 0 Å². The molecule has 0 aromatic heterocycles. The summed E-state index contributed by atoms with van der Waals surface area (Å²) in [6.07, 6.45) is 0. The Labute approximate surface area is 77.7 Å². The Kier molecular flexibility index (Phi) is 2.85. The third kappa shape index (κ3) is 1.41. The molecule has 0 saturated heterocycles. The Morgan fingerprint density at radius 2 is 1.00 bits per heavy atom. The van der Waals surface area contributed by atoms with E-state index in [0.717, 1.165) is 35.5 Å². The van der Waals surface area contributed by atoms with Crippen LogP contribution in [0.5, 0.6) is 0 Å². The first kappa shape index (κ1) is 10.1. The zero-order chi connectivity index (χ0) is 9.46. The molecule has 0 amide bonds. The van der Waals surface area contributed by atoms with Crippen LogP contribution >= 0.6 is 0 Å². The molecule has 1 aliphatic carbocycles. The van der Waals surface area contributed by atoms with Gasteiger partial charge in [0.05, 0.1) is 0 Å². The Balaban J connectivity index is 2.76. The maximum atomic E-state index is 2.44. The minimum absolute atomic E-state index is 0.863. The SMILES string of the molecule is CC(C)C1C(C)C(C)C(C)C1C. The van der Waals surface area contributed by atoms with Crippen molar-refractivity contribution in [3.05, 3.63) is 0 Å². The van der Waals surface area contributed by atoms with Gasteiger partial charge >= 0.3 is 0 Å². The first-order valence-electron chi connectivity index (χ1n) is 5.46. The Bertz CT molecular complexity index is 134. The quantitative estimate of drug-likeness (QED) is 0.558. The van der Waals surface area contributed by atoms with Gasteiger partial charge in [-0.25, -0.2) is 0 Å². The standard InChI is InChI=1S/C12H24/c1-7(2)12-10(5)8(3)9(4)11(12)6/h7-12H,1-6H3. The lowest BCUT2D eigenvalue weighted by molar-refractivity contribution is 0.237. The molecule has 0 aromatic rings. The summed E-state index contributed by atoms with van der Waals surface area (Å²) in [6.45, 7) is 14.5. The summed E-state index contributed by atoms with van der Waals surface area (Å²) in [5, 5.41) is 0. The second-order valence-electron chi connectivity index (χ2n) is 5.26. The van der Waals surface area contributed by atoms with E-state index in [9.17, 15) is 0 Å². The van der Waals surface area contributed by atoms with Crippen molar-refractivity contribution < 1.29 is 0 Å². The van der Waals surface area contributed by atoms with Gasteiger partial charge in [-0.15, -0.1) is 0 Å². The predicted molar refractivity (Wildman–Crippen MR) is 55.0 cm³/mol. The van der Waals surface area contributed by atoms with E-state index in [1.54, 1.807) is 0 Å². The van der Waals surface area contributed by atoms with Gasteiger partial charge in [0.25, 0.3) is 0 Å². The highest BCUT2D eigenvalue weighted by Crippen LogP contribution is 2.48. The first-order chi connectivity index (χ1) is 5.46. The van der Waals surface area contributed by atoms with E-state index in [-0.39, 0.29) is 0 Å². The van der Waals surface area contributed by atoms with Gasteiger partial charge in [0.1, 0.15) is 0 Å². The summed E-state index contributed by atoms with van der Waals surface area (Å²) in [4.78, 5) is 0. The van der Waals surface area contributed by atoms with E-state index in [1.165, 1.54) is 0 Å². The molecule has 0 nitrogen and oxygen atoms in total. The highest BCUT2D eigenvalue weighted by Gasteiger charge is 2.42. The molecule has 0 heteroatoms. The van der Waals surface area contributed by atoms with E-state index < -0.39 is 0 Å². The lowest BCUT2D eigenvalue weighted by Gasteiger charge is -2.25. The second-order valence-corrected chi connectivity index (χ2v) is 5.26. The van der Waals surface area contributed by atoms with Gasteiger partial charge in [-0.3, -0.25) is 0 Å². The lowest BCUT2D eigenvalue weighted by Crippen LogP contribution is -2.19. The lowest BCUT2D eigenvalue weighted by atomic mass is 9.81. The van der Waals surface area contributed by atoms with Gasteiger partial charge in [0.15, 0.2) is 0 Å². The monoisotopic (exact) mass is 168 g/mol. The summed E-state index contributed by atoms with van der Waals surface area (Å²) in [6, 6.07) is 0. The third-order valence-corrected chi connectivity index (χ3v) is 4.47. The molecule has 0 radical (unpaired) electrons. The predicted octanol–water partition coefficient (Wildman–Crippen LogP) is 3.82. The van der Waals surface area contributed by atoms with Gasteiger partial charge < -0.3 is 0 Å². The molecule has 4 atom stereocenters. The summed E-state index contributed by atoms with van der Waals surface area (Å²) in [5.41, 5.74) is 0. The van der Waals surface area contributed by atoms with Crippen molar-refractivity contribution in [2.24, 2.45) is 35.5 Å². The van der Waals surface area contributed by atoms with Crippen LogP contribution in [0.4, 0.5) is 0 Å². The van der Waals surface area contributed by atoms with E-state index in [4.69, 9.17) is 0 Å². The zero-order valence-electron chi connectivity index (χ0n) is 9.46. The van der Waals surface area contributed by atoms with Crippen LogP contribution in [0, 0.1) is 35.5 Å². The van der Waals surface area contributed by atoms with Crippen molar-refractivity contribution in [2.45, 2.75) is 41.5 Å². The van der Waals surface area contributed by atoms with Crippen molar-refractivity contribution in [1.29, 1.82) is 0 Å². The van der Waals surface area contributed by atoms with Crippen molar-refractivity contribution in [2.75, 3.05) is 0 Å². The zero-order valence-corrected chi connectivity index (χ0v) is 9.46. The average molecular weight is 168 g/mol. The molecule has 12 heavy (non-hydrogen) atoms. The summed E-state index contributed by atoms with van der Waals surface area (Å²) < 4.78 is 0. The second kappa shape index (κ2) is 3.40. The highest BCUT2D eigenvalue weighted by atomic mass is 14.5. The minimum Gasteiger partial charge on any atom is -0.0625 e. The van der Waals surface area contributed by atoms with E-state index in [1.807, 2.05) is 0 Å². The maximum Gasteiger partial charge on any atom is -0.0334 e. The van der Waals surface area contributed by atoms with Gasteiger partial charge in [-0.1, -0.05) is 41.5 Å². The Morgan fingerprint density at radius 3 is 1.17 bits per heavy atom. The van der Waals surface area contributed by atoms with E-state index in [2.05, 4.69) is 41.5 Å². The topological polar surface area (TPSA) is 0 Å².